The van der Waals surface area contributed by atoms with E-state index < -0.39 is 35.2 Å². The molecule has 0 aromatic heterocycles. The first-order chi connectivity index (χ1) is 17.9. The first kappa shape index (κ1) is 28.2. The van der Waals surface area contributed by atoms with E-state index in [-0.39, 0.29) is 23.8 Å². The molecule has 2 aromatic rings. The van der Waals surface area contributed by atoms with E-state index in [1.54, 1.807) is 4.90 Å². The van der Waals surface area contributed by atoms with E-state index in [1.165, 1.54) is 24.3 Å². The molecule has 0 aliphatic carbocycles. The van der Waals surface area contributed by atoms with Gasteiger partial charge in [-0.05, 0) is 48.7 Å². The van der Waals surface area contributed by atoms with Crippen LogP contribution >= 0.6 is 0 Å². The summed E-state index contributed by atoms with van der Waals surface area (Å²) in [5, 5.41) is 0. The zero-order valence-electron chi connectivity index (χ0n) is 20.9. The second-order valence-corrected chi connectivity index (χ2v) is 9.76. The topological polar surface area (TPSA) is 42.0 Å². The van der Waals surface area contributed by atoms with Crippen LogP contribution in [0.25, 0.3) is 0 Å². The van der Waals surface area contributed by atoms with Crippen molar-refractivity contribution in [2.24, 2.45) is 0 Å². The summed E-state index contributed by atoms with van der Waals surface area (Å²) in [5.74, 6) is 0. The molecule has 2 fully saturated rings. The molecule has 2 aliphatic rings. The Kier molecular flexibility index (Phi) is 8.27. The Labute approximate surface area is 217 Å². The summed E-state index contributed by atoms with van der Waals surface area (Å²) >= 11 is 0. The third kappa shape index (κ3) is 6.61. The molecule has 0 unspecified atom stereocenters. The molecule has 208 valence electrons. The van der Waals surface area contributed by atoms with E-state index in [2.05, 4.69) is 4.90 Å². The van der Waals surface area contributed by atoms with Crippen molar-refractivity contribution in [2.45, 2.75) is 50.2 Å². The lowest BCUT2D eigenvalue weighted by atomic mass is 9.91. The van der Waals surface area contributed by atoms with Gasteiger partial charge in [0.25, 0.3) is 0 Å². The van der Waals surface area contributed by atoms with Crippen LogP contribution in [0.5, 0.6) is 0 Å². The van der Waals surface area contributed by atoms with Crippen LogP contribution in [0.15, 0.2) is 48.5 Å². The van der Waals surface area contributed by atoms with Crippen LogP contribution in [0.1, 0.15) is 54.5 Å². The van der Waals surface area contributed by atoms with Gasteiger partial charge in [0.05, 0.1) is 17.7 Å². The minimum Gasteiger partial charge on any atom is -0.441 e. The van der Waals surface area contributed by atoms with E-state index in [0.29, 0.717) is 38.9 Å². The maximum absolute atomic E-state index is 13.3. The minimum atomic E-state index is -4.60. The number of nitrogens with zero attached hydrogens (tertiary/aromatic N) is 2. The number of halogens is 6. The van der Waals surface area contributed by atoms with Crippen LogP contribution in [0, 0.1) is 0 Å². The Bertz CT molecular complexity index is 1050. The Balaban J connectivity index is 1.40. The Hall–Kier alpha value is -2.79. The van der Waals surface area contributed by atoms with Crippen molar-refractivity contribution in [2.75, 3.05) is 39.3 Å². The standard InChI is InChI=1S/C27H30F6N2O3/c1-2-35-18-25(38-24(35)36)10-13-34(14-11-25)12-5-15-37-23(19-6-3-8-21(16-19)26(28,29)30)20-7-4-9-22(17-20)27(31,32)33/h3-4,6-9,16-17,23H,2,5,10-15,18H2,1H3. The molecule has 1 amide bonds. The highest BCUT2D eigenvalue weighted by Crippen LogP contribution is 2.37. The summed E-state index contributed by atoms with van der Waals surface area (Å²) in [6.07, 6.45) is -8.64. The fourth-order valence-corrected chi connectivity index (χ4v) is 5.01. The van der Waals surface area contributed by atoms with Crippen LogP contribution < -0.4 is 0 Å². The third-order valence-corrected chi connectivity index (χ3v) is 7.13. The lowest BCUT2D eigenvalue weighted by Crippen LogP contribution is -2.47. The van der Waals surface area contributed by atoms with Crippen molar-refractivity contribution in [3.63, 3.8) is 0 Å². The summed E-state index contributed by atoms with van der Waals surface area (Å²) in [7, 11) is 0. The summed E-state index contributed by atoms with van der Waals surface area (Å²) in [5.41, 5.74) is -2.00. The molecule has 0 atom stereocenters. The molecule has 0 radical (unpaired) electrons. The van der Waals surface area contributed by atoms with Gasteiger partial charge in [-0.2, -0.15) is 26.3 Å². The smallest absolute Gasteiger partial charge is 0.416 e. The van der Waals surface area contributed by atoms with E-state index >= 15 is 0 Å². The molecule has 2 heterocycles. The van der Waals surface area contributed by atoms with Gasteiger partial charge < -0.3 is 19.3 Å². The maximum Gasteiger partial charge on any atom is 0.416 e. The SMILES string of the molecule is CCN1CC2(CCN(CCCOC(c3cccc(C(F)(F)F)c3)c3cccc(C(F)(F)F)c3)CC2)OC1=O. The number of hydrogen-bond acceptors (Lipinski definition) is 4. The molecule has 38 heavy (non-hydrogen) atoms. The van der Waals surface area contributed by atoms with Gasteiger partial charge in [0.1, 0.15) is 11.7 Å². The maximum atomic E-state index is 13.3. The van der Waals surface area contributed by atoms with E-state index in [0.717, 1.165) is 37.4 Å². The quantitative estimate of drug-likeness (QED) is 0.280. The monoisotopic (exact) mass is 544 g/mol. The van der Waals surface area contributed by atoms with Gasteiger partial charge in [-0.25, -0.2) is 4.79 Å². The number of likely N-dealkylation sites (tertiary alicyclic amines) is 1. The molecular weight excluding hydrogens is 514 g/mol. The molecule has 0 N–H and O–H groups in total. The molecule has 1 spiro atoms. The van der Waals surface area contributed by atoms with Crippen LogP contribution in [-0.4, -0.2) is 60.8 Å². The van der Waals surface area contributed by atoms with E-state index in [4.69, 9.17) is 9.47 Å². The molecule has 2 aromatic carbocycles. The van der Waals surface area contributed by atoms with E-state index in [9.17, 15) is 31.1 Å². The predicted octanol–water partition coefficient (Wildman–Crippen LogP) is 6.53. The molecule has 4 rings (SSSR count). The third-order valence-electron chi connectivity index (χ3n) is 7.13. The minimum absolute atomic E-state index is 0.127. The molecule has 2 saturated heterocycles. The predicted molar refractivity (Wildman–Crippen MR) is 127 cm³/mol. The fourth-order valence-electron chi connectivity index (χ4n) is 5.01. The number of benzene rings is 2. The number of hydrogen-bond donors (Lipinski definition) is 0. The lowest BCUT2D eigenvalue weighted by molar-refractivity contribution is -0.138. The number of alkyl halides is 6. The lowest BCUT2D eigenvalue weighted by Gasteiger charge is -2.37. The first-order valence-corrected chi connectivity index (χ1v) is 12.6. The van der Waals surface area contributed by atoms with Gasteiger partial charge in [0.15, 0.2) is 0 Å². The van der Waals surface area contributed by atoms with Crippen LogP contribution in [-0.2, 0) is 21.8 Å². The van der Waals surface area contributed by atoms with Gasteiger partial charge in [-0.1, -0.05) is 24.3 Å². The van der Waals surface area contributed by atoms with Gasteiger partial charge in [-0.3, -0.25) is 0 Å². The van der Waals surface area contributed by atoms with Crippen molar-refractivity contribution in [1.82, 2.24) is 9.80 Å². The summed E-state index contributed by atoms with van der Waals surface area (Å²) in [4.78, 5) is 15.9. The molecule has 0 bridgehead atoms. The molecule has 5 nitrogen and oxygen atoms in total. The zero-order valence-corrected chi connectivity index (χ0v) is 20.9. The summed E-state index contributed by atoms with van der Waals surface area (Å²) < 4.78 is 91.5. The molecule has 0 saturated carbocycles. The largest absolute Gasteiger partial charge is 0.441 e. The van der Waals surface area contributed by atoms with Crippen molar-refractivity contribution >= 4 is 6.09 Å². The Morgan fingerprint density at radius 2 is 1.50 bits per heavy atom. The average Bonchev–Trinajstić information content (AvgIpc) is 3.19. The fraction of sp³-hybridized carbons (Fsp3) is 0.519. The molecule has 2 aliphatic heterocycles. The van der Waals surface area contributed by atoms with Crippen molar-refractivity contribution < 1.29 is 40.6 Å². The number of likely N-dealkylation sites (N-methyl/N-ethyl adjacent to an activating group) is 1. The first-order valence-electron chi connectivity index (χ1n) is 12.6. The zero-order chi connectivity index (χ0) is 27.6. The molecule has 11 heteroatoms. The van der Waals surface area contributed by atoms with Crippen molar-refractivity contribution in [3.8, 4) is 0 Å². The van der Waals surface area contributed by atoms with Gasteiger partial charge in [0.2, 0.25) is 0 Å². The second-order valence-electron chi connectivity index (χ2n) is 9.76. The van der Waals surface area contributed by atoms with Crippen LogP contribution in [0.3, 0.4) is 0 Å². The number of piperidine rings is 1. The highest BCUT2D eigenvalue weighted by Gasteiger charge is 2.46. The van der Waals surface area contributed by atoms with Gasteiger partial charge in [0, 0.05) is 45.6 Å². The van der Waals surface area contributed by atoms with Crippen molar-refractivity contribution in [1.29, 1.82) is 0 Å². The second kappa shape index (κ2) is 11.1. The Morgan fingerprint density at radius 3 is 1.97 bits per heavy atom. The summed E-state index contributed by atoms with van der Waals surface area (Å²) in [6, 6.07) is 8.95. The highest BCUT2D eigenvalue weighted by atomic mass is 19.4. The molecular formula is C27H30F6N2O3. The summed E-state index contributed by atoms with van der Waals surface area (Å²) in [6.45, 7) is 5.29. The van der Waals surface area contributed by atoms with Gasteiger partial charge >= 0.3 is 18.4 Å². The van der Waals surface area contributed by atoms with Gasteiger partial charge in [-0.15, -0.1) is 0 Å². The van der Waals surface area contributed by atoms with Crippen molar-refractivity contribution in [3.05, 3.63) is 70.8 Å². The number of carbonyl (C=O) groups is 1. The Morgan fingerprint density at radius 1 is 0.947 bits per heavy atom. The van der Waals surface area contributed by atoms with E-state index in [1.807, 2.05) is 6.92 Å². The average molecular weight is 545 g/mol. The normalized spacial score (nSPS) is 18.4. The number of carbonyl (C=O) groups excluding carboxylic acids is 1. The van der Waals surface area contributed by atoms with Crippen LogP contribution in [0.4, 0.5) is 31.1 Å². The highest BCUT2D eigenvalue weighted by molar-refractivity contribution is 5.70. The number of amides is 1. The van der Waals surface area contributed by atoms with Crippen LogP contribution in [0.2, 0.25) is 0 Å². The number of ether oxygens (including phenoxy) is 2. The number of rotatable bonds is 8.